The van der Waals surface area contributed by atoms with Crippen LogP contribution in [0.15, 0.2) is 48.5 Å². The Morgan fingerprint density at radius 3 is 2.43 bits per heavy atom. The molecule has 0 bridgehead atoms. The number of alkyl halides is 3. The maximum absolute atomic E-state index is 13.1. The van der Waals surface area contributed by atoms with Crippen LogP contribution in [0.5, 0.6) is 0 Å². The Labute approximate surface area is 162 Å². The smallest absolute Gasteiger partial charge is 0.341 e. The quantitative estimate of drug-likeness (QED) is 0.785. The molecule has 0 aromatic heterocycles. The van der Waals surface area contributed by atoms with Crippen molar-refractivity contribution in [3.63, 3.8) is 0 Å². The van der Waals surface area contributed by atoms with Crippen molar-refractivity contribution in [1.82, 2.24) is 9.80 Å². The van der Waals surface area contributed by atoms with Crippen LogP contribution in [0.1, 0.15) is 35.1 Å². The maximum Gasteiger partial charge on any atom is 0.416 e. The lowest BCUT2D eigenvalue weighted by molar-refractivity contribution is -0.138. The van der Waals surface area contributed by atoms with Gasteiger partial charge in [-0.2, -0.15) is 13.2 Å². The van der Waals surface area contributed by atoms with E-state index >= 15 is 0 Å². The van der Waals surface area contributed by atoms with Gasteiger partial charge in [0.2, 0.25) is 5.91 Å². The molecule has 0 unspecified atom stereocenters. The van der Waals surface area contributed by atoms with Crippen LogP contribution < -0.4 is 0 Å². The van der Waals surface area contributed by atoms with Crippen molar-refractivity contribution < 1.29 is 18.0 Å². The predicted octanol–water partition coefficient (Wildman–Crippen LogP) is 4.25. The summed E-state index contributed by atoms with van der Waals surface area (Å²) in [5, 5.41) is 0. The fraction of sp³-hybridized carbons (Fsp3) is 0.409. The van der Waals surface area contributed by atoms with Gasteiger partial charge in [-0.1, -0.05) is 42.5 Å². The lowest BCUT2D eigenvalue weighted by Gasteiger charge is -2.38. The summed E-state index contributed by atoms with van der Waals surface area (Å²) in [6, 6.07) is 13.1. The molecule has 1 atom stereocenters. The summed E-state index contributed by atoms with van der Waals surface area (Å²) in [5.41, 5.74) is 2.22. The van der Waals surface area contributed by atoms with Crippen LogP contribution in [0.3, 0.4) is 0 Å². The Morgan fingerprint density at radius 2 is 1.71 bits per heavy atom. The molecule has 0 saturated carbocycles. The van der Waals surface area contributed by atoms with Gasteiger partial charge < -0.3 is 4.90 Å². The molecular weight excluding hydrogens is 365 g/mol. The standard InChI is InChI=1S/C22H23F3N2O/c23-22(24,25)19-9-5-6-16(12-19)14-27-15-18-8-2-1-7-17(18)13-20(27)21(28)26-10-3-4-11-26/h1-2,5-9,12,20H,3-4,10-11,13-15H2/t20-/m0/s1. The van der Waals surface area contributed by atoms with Gasteiger partial charge in [0, 0.05) is 26.2 Å². The number of amides is 1. The van der Waals surface area contributed by atoms with Gasteiger partial charge in [0.15, 0.2) is 0 Å². The van der Waals surface area contributed by atoms with Crippen LogP contribution in [0.25, 0.3) is 0 Å². The first-order valence-corrected chi connectivity index (χ1v) is 9.67. The third-order valence-electron chi connectivity index (χ3n) is 5.69. The van der Waals surface area contributed by atoms with Crippen molar-refractivity contribution >= 4 is 5.91 Å². The minimum atomic E-state index is -4.37. The second kappa shape index (κ2) is 7.59. The molecular formula is C22H23F3N2O. The van der Waals surface area contributed by atoms with Crippen molar-refractivity contribution in [2.24, 2.45) is 0 Å². The van der Waals surface area contributed by atoms with Gasteiger partial charge in [-0.05, 0) is 42.0 Å². The third-order valence-corrected chi connectivity index (χ3v) is 5.69. The van der Waals surface area contributed by atoms with Crippen LogP contribution in [-0.2, 0) is 30.5 Å². The van der Waals surface area contributed by atoms with Crippen LogP contribution in [0.4, 0.5) is 13.2 Å². The van der Waals surface area contributed by atoms with Gasteiger partial charge >= 0.3 is 6.18 Å². The molecule has 4 rings (SSSR count). The number of benzene rings is 2. The Hall–Kier alpha value is -2.34. The molecule has 0 N–H and O–H groups in total. The highest BCUT2D eigenvalue weighted by Crippen LogP contribution is 2.31. The maximum atomic E-state index is 13.1. The van der Waals surface area contributed by atoms with E-state index in [0.717, 1.165) is 43.1 Å². The van der Waals surface area contributed by atoms with Crippen molar-refractivity contribution in [2.45, 2.75) is 44.6 Å². The Balaban J connectivity index is 1.61. The molecule has 2 aromatic carbocycles. The number of carbonyl (C=O) groups is 1. The average Bonchev–Trinajstić information content (AvgIpc) is 3.21. The van der Waals surface area contributed by atoms with Gasteiger partial charge in [-0.15, -0.1) is 0 Å². The van der Waals surface area contributed by atoms with Gasteiger partial charge in [0.1, 0.15) is 0 Å². The van der Waals surface area contributed by atoms with Gasteiger partial charge in [0.05, 0.1) is 11.6 Å². The van der Waals surface area contributed by atoms with E-state index in [1.807, 2.05) is 34.1 Å². The normalized spacial score (nSPS) is 20.2. The third kappa shape index (κ3) is 3.92. The van der Waals surface area contributed by atoms with E-state index in [9.17, 15) is 18.0 Å². The molecule has 0 radical (unpaired) electrons. The predicted molar refractivity (Wildman–Crippen MR) is 100 cm³/mol. The summed E-state index contributed by atoms with van der Waals surface area (Å²) in [5.74, 6) is 0.0963. The SMILES string of the molecule is O=C([C@@H]1Cc2ccccc2CN1Cc1cccc(C(F)(F)F)c1)N1CCCC1. The van der Waals surface area contributed by atoms with E-state index in [1.54, 1.807) is 6.07 Å². The summed E-state index contributed by atoms with van der Waals surface area (Å²) in [7, 11) is 0. The Bertz CT molecular complexity index is 859. The van der Waals surface area contributed by atoms with E-state index < -0.39 is 11.7 Å². The first kappa shape index (κ1) is 19.0. The topological polar surface area (TPSA) is 23.6 Å². The zero-order valence-electron chi connectivity index (χ0n) is 15.6. The number of hydrogen-bond acceptors (Lipinski definition) is 2. The average molecular weight is 388 g/mol. The molecule has 1 amide bonds. The monoisotopic (exact) mass is 388 g/mol. The van der Waals surface area contributed by atoms with Crippen LogP contribution >= 0.6 is 0 Å². The molecule has 1 fully saturated rings. The molecule has 28 heavy (non-hydrogen) atoms. The molecule has 0 aliphatic carbocycles. The number of fused-ring (bicyclic) bond motifs is 1. The van der Waals surface area contributed by atoms with Crippen molar-refractivity contribution in [3.05, 3.63) is 70.8 Å². The van der Waals surface area contributed by atoms with E-state index in [0.29, 0.717) is 25.1 Å². The molecule has 6 heteroatoms. The van der Waals surface area contributed by atoms with Crippen molar-refractivity contribution in [2.75, 3.05) is 13.1 Å². The number of carbonyl (C=O) groups excluding carboxylic acids is 1. The number of halogens is 3. The van der Waals surface area contributed by atoms with E-state index in [4.69, 9.17) is 0 Å². The van der Waals surface area contributed by atoms with Gasteiger partial charge in [0.25, 0.3) is 0 Å². The first-order chi connectivity index (χ1) is 13.4. The fourth-order valence-corrected chi connectivity index (χ4v) is 4.22. The summed E-state index contributed by atoms with van der Waals surface area (Å²) in [6.45, 7) is 2.43. The summed E-state index contributed by atoms with van der Waals surface area (Å²) in [4.78, 5) is 17.1. The van der Waals surface area contributed by atoms with E-state index in [1.165, 1.54) is 12.1 Å². The van der Waals surface area contributed by atoms with Crippen LogP contribution in [0, 0.1) is 0 Å². The second-order valence-electron chi connectivity index (χ2n) is 7.62. The molecule has 1 saturated heterocycles. The number of rotatable bonds is 3. The highest BCUT2D eigenvalue weighted by Gasteiger charge is 2.35. The number of likely N-dealkylation sites (tertiary alicyclic amines) is 1. The molecule has 148 valence electrons. The Morgan fingerprint density at radius 1 is 1.00 bits per heavy atom. The molecule has 0 spiro atoms. The number of nitrogens with zero attached hydrogens (tertiary/aromatic N) is 2. The lowest BCUT2D eigenvalue weighted by atomic mass is 9.92. The highest BCUT2D eigenvalue weighted by atomic mass is 19.4. The second-order valence-corrected chi connectivity index (χ2v) is 7.62. The van der Waals surface area contributed by atoms with Crippen molar-refractivity contribution in [1.29, 1.82) is 0 Å². The molecule has 3 nitrogen and oxygen atoms in total. The zero-order valence-corrected chi connectivity index (χ0v) is 15.6. The van der Waals surface area contributed by atoms with Gasteiger partial charge in [-0.3, -0.25) is 9.69 Å². The minimum absolute atomic E-state index is 0.0963. The Kier molecular flexibility index (Phi) is 5.15. The number of hydrogen-bond donors (Lipinski definition) is 0. The van der Waals surface area contributed by atoms with Crippen LogP contribution in [-0.4, -0.2) is 34.8 Å². The van der Waals surface area contributed by atoms with E-state index in [-0.39, 0.29) is 11.9 Å². The highest BCUT2D eigenvalue weighted by molar-refractivity contribution is 5.83. The van der Waals surface area contributed by atoms with Crippen molar-refractivity contribution in [3.8, 4) is 0 Å². The summed E-state index contributed by atoms with van der Waals surface area (Å²) >= 11 is 0. The molecule has 2 aliphatic heterocycles. The molecule has 2 aliphatic rings. The summed E-state index contributed by atoms with van der Waals surface area (Å²) in [6.07, 6.45) is -1.73. The first-order valence-electron chi connectivity index (χ1n) is 9.67. The molecule has 2 aromatic rings. The molecule has 2 heterocycles. The van der Waals surface area contributed by atoms with Crippen LogP contribution in [0.2, 0.25) is 0 Å². The fourth-order valence-electron chi connectivity index (χ4n) is 4.22. The zero-order chi connectivity index (χ0) is 19.7. The summed E-state index contributed by atoms with van der Waals surface area (Å²) < 4.78 is 39.2. The largest absolute Gasteiger partial charge is 0.416 e. The van der Waals surface area contributed by atoms with E-state index in [2.05, 4.69) is 0 Å². The lowest BCUT2D eigenvalue weighted by Crippen LogP contribution is -2.50. The minimum Gasteiger partial charge on any atom is -0.341 e. The van der Waals surface area contributed by atoms with Gasteiger partial charge in [-0.25, -0.2) is 0 Å².